The molecule has 0 spiro atoms. The molecular formula is C19H27NS. The van der Waals surface area contributed by atoms with Gasteiger partial charge in [-0.2, -0.15) is 0 Å². The SMILES string of the molecule is CCCCc1ccc(C(C)NCc2ccc(CC)s2)cc1. The predicted octanol–water partition coefficient (Wildman–Crippen LogP) is 5.50. The molecule has 0 aliphatic rings. The highest BCUT2D eigenvalue weighted by atomic mass is 32.1. The Morgan fingerprint density at radius 1 is 1.00 bits per heavy atom. The van der Waals surface area contributed by atoms with Crippen LogP contribution in [0.25, 0.3) is 0 Å². The van der Waals surface area contributed by atoms with Crippen LogP contribution in [0.2, 0.25) is 0 Å². The van der Waals surface area contributed by atoms with Crippen molar-refractivity contribution in [1.29, 1.82) is 0 Å². The van der Waals surface area contributed by atoms with Crippen LogP contribution < -0.4 is 5.32 Å². The van der Waals surface area contributed by atoms with Crippen molar-refractivity contribution in [3.05, 3.63) is 57.3 Å². The third-order valence-electron chi connectivity index (χ3n) is 3.95. The number of nitrogens with one attached hydrogen (secondary N) is 1. The summed E-state index contributed by atoms with van der Waals surface area (Å²) in [5.41, 5.74) is 2.83. The number of hydrogen-bond donors (Lipinski definition) is 1. The molecule has 0 aliphatic heterocycles. The Kier molecular flexibility index (Phi) is 6.47. The van der Waals surface area contributed by atoms with E-state index in [1.165, 1.54) is 40.1 Å². The molecular weight excluding hydrogens is 274 g/mol. The van der Waals surface area contributed by atoms with E-state index in [0.29, 0.717) is 6.04 Å². The summed E-state index contributed by atoms with van der Waals surface area (Å²) in [7, 11) is 0. The van der Waals surface area contributed by atoms with Gasteiger partial charge >= 0.3 is 0 Å². The Bertz CT molecular complexity index is 527. The molecule has 2 heteroatoms. The van der Waals surface area contributed by atoms with Gasteiger partial charge in [-0.3, -0.25) is 0 Å². The zero-order valence-corrected chi connectivity index (χ0v) is 14.3. The smallest absolute Gasteiger partial charge is 0.0305 e. The largest absolute Gasteiger partial charge is 0.305 e. The predicted molar refractivity (Wildman–Crippen MR) is 94.0 cm³/mol. The van der Waals surface area contributed by atoms with Crippen molar-refractivity contribution in [2.45, 2.75) is 59.0 Å². The van der Waals surface area contributed by atoms with Gasteiger partial charge in [-0.25, -0.2) is 0 Å². The topological polar surface area (TPSA) is 12.0 Å². The van der Waals surface area contributed by atoms with E-state index in [1.54, 1.807) is 0 Å². The zero-order valence-electron chi connectivity index (χ0n) is 13.5. The van der Waals surface area contributed by atoms with E-state index < -0.39 is 0 Å². The molecule has 0 fully saturated rings. The Hall–Kier alpha value is -1.12. The van der Waals surface area contributed by atoms with Gasteiger partial charge in [0.1, 0.15) is 0 Å². The van der Waals surface area contributed by atoms with Crippen molar-refractivity contribution in [2.24, 2.45) is 0 Å². The Labute approximate surface area is 133 Å². The third kappa shape index (κ3) is 4.98. The highest BCUT2D eigenvalue weighted by molar-refractivity contribution is 7.11. The number of benzene rings is 1. The number of thiophene rings is 1. The van der Waals surface area contributed by atoms with Gasteiger partial charge in [0.2, 0.25) is 0 Å². The van der Waals surface area contributed by atoms with E-state index in [9.17, 15) is 0 Å². The second-order valence-electron chi connectivity index (χ2n) is 5.67. The fraction of sp³-hybridized carbons (Fsp3) is 0.474. The second-order valence-corrected chi connectivity index (χ2v) is 6.92. The van der Waals surface area contributed by atoms with Gasteiger partial charge in [0.15, 0.2) is 0 Å². The van der Waals surface area contributed by atoms with Gasteiger partial charge in [-0.05, 0) is 49.4 Å². The lowest BCUT2D eigenvalue weighted by molar-refractivity contribution is 0.578. The molecule has 1 heterocycles. The molecule has 0 aliphatic carbocycles. The lowest BCUT2D eigenvalue weighted by Gasteiger charge is -2.14. The minimum atomic E-state index is 0.400. The van der Waals surface area contributed by atoms with Gasteiger partial charge in [0.25, 0.3) is 0 Å². The molecule has 0 bridgehead atoms. The molecule has 0 radical (unpaired) electrons. The Morgan fingerprint density at radius 2 is 1.71 bits per heavy atom. The summed E-state index contributed by atoms with van der Waals surface area (Å²) in [6.45, 7) is 7.67. The molecule has 1 unspecified atom stereocenters. The summed E-state index contributed by atoms with van der Waals surface area (Å²) in [5, 5.41) is 3.63. The fourth-order valence-corrected chi connectivity index (χ4v) is 3.34. The summed E-state index contributed by atoms with van der Waals surface area (Å²) in [4.78, 5) is 2.90. The summed E-state index contributed by atoms with van der Waals surface area (Å²) < 4.78 is 0. The fourth-order valence-electron chi connectivity index (χ4n) is 2.43. The molecule has 114 valence electrons. The molecule has 21 heavy (non-hydrogen) atoms. The maximum atomic E-state index is 3.63. The van der Waals surface area contributed by atoms with Crippen molar-refractivity contribution in [2.75, 3.05) is 0 Å². The molecule has 1 atom stereocenters. The summed E-state index contributed by atoms with van der Waals surface area (Å²) in [6, 6.07) is 14.0. The molecule has 0 amide bonds. The van der Waals surface area contributed by atoms with E-state index >= 15 is 0 Å². The minimum Gasteiger partial charge on any atom is -0.305 e. The van der Waals surface area contributed by atoms with E-state index in [2.05, 4.69) is 62.5 Å². The Morgan fingerprint density at radius 3 is 2.33 bits per heavy atom. The van der Waals surface area contributed by atoms with Crippen LogP contribution in [0.1, 0.15) is 60.5 Å². The third-order valence-corrected chi connectivity index (χ3v) is 5.18. The van der Waals surface area contributed by atoms with Gasteiger partial charge in [0, 0.05) is 22.3 Å². The van der Waals surface area contributed by atoms with Crippen molar-refractivity contribution in [3.8, 4) is 0 Å². The average molecular weight is 301 g/mol. The zero-order chi connectivity index (χ0) is 15.1. The highest BCUT2D eigenvalue weighted by Gasteiger charge is 2.06. The van der Waals surface area contributed by atoms with E-state index in [-0.39, 0.29) is 0 Å². The lowest BCUT2D eigenvalue weighted by Crippen LogP contribution is -2.17. The van der Waals surface area contributed by atoms with Gasteiger partial charge in [-0.15, -0.1) is 11.3 Å². The van der Waals surface area contributed by atoms with Gasteiger partial charge in [0.05, 0.1) is 0 Å². The first-order chi connectivity index (χ1) is 10.2. The molecule has 1 nitrogen and oxygen atoms in total. The van der Waals surface area contributed by atoms with Crippen LogP contribution in [-0.4, -0.2) is 0 Å². The number of unbranched alkanes of at least 4 members (excludes halogenated alkanes) is 1. The summed E-state index contributed by atoms with van der Waals surface area (Å²) in [5.74, 6) is 0. The normalized spacial score (nSPS) is 12.5. The van der Waals surface area contributed by atoms with Crippen LogP contribution in [0.3, 0.4) is 0 Å². The maximum Gasteiger partial charge on any atom is 0.0305 e. The average Bonchev–Trinajstić information content (AvgIpc) is 2.99. The molecule has 1 aromatic heterocycles. The monoisotopic (exact) mass is 301 g/mol. The number of hydrogen-bond acceptors (Lipinski definition) is 2. The minimum absolute atomic E-state index is 0.400. The van der Waals surface area contributed by atoms with Crippen LogP contribution in [0.15, 0.2) is 36.4 Å². The molecule has 2 aromatic rings. The summed E-state index contributed by atoms with van der Waals surface area (Å²) in [6.07, 6.45) is 4.89. The van der Waals surface area contributed by atoms with Crippen LogP contribution in [-0.2, 0) is 19.4 Å². The number of rotatable bonds is 8. The Balaban J connectivity index is 1.86. The van der Waals surface area contributed by atoms with E-state index in [4.69, 9.17) is 0 Å². The van der Waals surface area contributed by atoms with E-state index in [1.807, 2.05) is 11.3 Å². The first kappa shape index (κ1) is 16.3. The van der Waals surface area contributed by atoms with Crippen LogP contribution in [0, 0.1) is 0 Å². The molecule has 1 aromatic carbocycles. The standard InChI is InChI=1S/C19H27NS/c1-4-6-7-16-8-10-17(11-9-16)15(3)20-14-19-13-12-18(5-2)21-19/h8-13,15,20H,4-7,14H2,1-3H3. The second kappa shape index (κ2) is 8.35. The lowest BCUT2D eigenvalue weighted by atomic mass is 10.0. The van der Waals surface area contributed by atoms with Gasteiger partial charge in [-0.1, -0.05) is 44.5 Å². The molecule has 0 saturated heterocycles. The maximum absolute atomic E-state index is 3.63. The van der Waals surface area contributed by atoms with Gasteiger partial charge < -0.3 is 5.32 Å². The van der Waals surface area contributed by atoms with Crippen molar-refractivity contribution in [3.63, 3.8) is 0 Å². The van der Waals surface area contributed by atoms with Crippen molar-refractivity contribution >= 4 is 11.3 Å². The highest BCUT2D eigenvalue weighted by Crippen LogP contribution is 2.19. The molecule has 2 rings (SSSR count). The van der Waals surface area contributed by atoms with Crippen LogP contribution in [0.4, 0.5) is 0 Å². The number of aryl methyl sites for hydroxylation is 2. The van der Waals surface area contributed by atoms with Crippen molar-refractivity contribution in [1.82, 2.24) is 5.32 Å². The van der Waals surface area contributed by atoms with E-state index in [0.717, 1.165) is 13.0 Å². The first-order valence-electron chi connectivity index (χ1n) is 8.12. The first-order valence-corrected chi connectivity index (χ1v) is 8.94. The molecule has 0 saturated carbocycles. The van der Waals surface area contributed by atoms with Crippen molar-refractivity contribution < 1.29 is 0 Å². The quantitative estimate of drug-likeness (QED) is 0.678. The van der Waals surface area contributed by atoms with Crippen LogP contribution in [0.5, 0.6) is 0 Å². The molecule has 1 N–H and O–H groups in total. The summed E-state index contributed by atoms with van der Waals surface area (Å²) >= 11 is 1.92. The van der Waals surface area contributed by atoms with Crippen LogP contribution >= 0.6 is 11.3 Å².